The zero-order chi connectivity index (χ0) is 13.0. The number of ether oxygens (including phenoxy) is 1. The van der Waals surface area contributed by atoms with E-state index < -0.39 is 0 Å². The van der Waals surface area contributed by atoms with Gasteiger partial charge >= 0.3 is 5.97 Å². The number of amides is 1. The highest BCUT2D eigenvalue weighted by atomic mass is 16.5. The average Bonchev–Trinajstić information content (AvgIpc) is 2.59. The Kier molecular flexibility index (Phi) is 4.17. The van der Waals surface area contributed by atoms with Crippen LogP contribution in [0, 0.1) is 0 Å². The molecule has 1 fully saturated rings. The molecule has 0 aromatic rings. The van der Waals surface area contributed by atoms with Crippen molar-refractivity contribution in [3.63, 3.8) is 0 Å². The number of nitrogens with zero attached hydrogens (tertiary/aromatic N) is 1. The van der Waals surface area contributed by atoms with Crippen LogP contribution in [0.5, 0.6) is 0 Å². The first-order valence-corrected chi connectivity index (χ1v) is 6.43. The topological polar surface area (TPSA) is 79.8 Å². The summed E-state index contributed by atoms with van der Waals surface area (Å²) in [4.78, 5) is 22.2. The van der Waals surface area contributed by atoms with Gasteiger partial charge in [-0.15, -0.1) is 5.10 Å². The lowest BCUT2D eigenvalue weighted by atomic mass is 10.0. The van der Waals surface area contributed by atoms with E-state index in [9.17, 15) is 9.59 Å². The molecule has 2 unspecified atom stereocenters. The summed E-state index contributed by atoms with van der Waals surface area (Å²) < 4.78 is 4.94. The minimum absolute atomic E-state index is 0.136. The molecule has 6 heteroatoms. The maximum absolute atomic E-state index is 11.4. The van der Waals surface area contributed by atoms with Crippen molar-refractivity contribution in [2.45, 2.75) is 57.5 Å². The van der Waals surface area contributed by atoms with Crippen molar-refractivity contribution in [3.8, 4) is 0 Å². The van der Waals surface area contributed by atoms with Crippen LogP contribution in [0.25, 0.3) is 0 Å². The first-order valence-electron chi connectivity index (χ1n) is 6.43. The maximum Gasteiger partial charge on any atom is 0.309 e. The van der Waals surface area contributed by atoms with Crippen molar-refractivity contribution in [1.82, 2.24) is 10.7 Å². The van der Waals surface area contributed by atoms with Crippen LogP contribution in [-0.4, -0.2) is 29.9 Å². The third kappa shape index (κ3) is 3.72. The van der Waals surface area contributed by atoms with Crippen molar-refractivity contribution >= 4 is 17.8 Å². The van der Waals surface area contributed by atoms with Crippen LogP contribution in [-0.2, 0) is 14.3 Å². The van der Waals surface area contributed by atoms with Crippen molar-refractivity contribution in [2.75, 3.05) is 0 Å². The second kappa shape index (κ2) is 5.84. The Morgan fingerprint density at radius 2 is 2.28 bits per heavy atom. The van der Waals surface area contributed by atoms with E-state index in [0.29, 0.717) is 18.7 Å². The molecule has 2 rings (SSSR count). The molecule has 2 aliphatic rings. The van der Waals surface area contributed by atoms with Gasteiger partial charge in [-0.3, -0.25) is 9.59 Å². The molecule has 0 spiro atoms. The third-order valence-corrected chi connectivity index (χ3v) is 3.19. The van der Waals surface area contributed by atoms with Gasteiger partial charge < -0.3 is 15.5 Å². The number of esters is 1. The van der Waals surface area contributed by atoms with Gasteiger partial charge in [-0.1, -0.05) is 6.42 Å². The summed E-state index contributed by atoms with van der Waals surface area (Å²) in [6, 6.07) is 0.340. The second-order valence-electron chi connectivity index (χ2n) is 4.88. The predicted molar refractivity (Wildman–Crippen MR) is 65.8 cm³/mol. The van der Waals surface area contributed by atoms with Gasteiger partial charge in [0.15, 0.2) is 0 Å². The van der Waals surface area contributed by atoms with E-state index >= 15 is 0 Å². The van der Waals surface area contributed by atoms with Crippen molar-refractivity contribution < 1.29 is 14.3 Å². The molecule has 2 aliphatic heterocycles. The smallest absolute Gasteiger partial charge is 0.309 e. The summed E-state index contributed by atoms with van der Waals surface area (Å²) in [5, 5.41) is 7.00. The summed E-state index contributed by atoms with van der Waals surface area (Å²) in [5.74, 6) is 0.225. The molecule has 6 nitrogen and oxygen atoms in total. The van der Waals surface area contributed by atoms with Gasteiger partial charge in [-0.2, -0.15) is 0 Å². The molecule has 2 heterocycles. The number of nitrogens with one attached hydrogen (secondary N) is 2. The van der Waals surface area contributed by atoms with Crippen LogP contribution >= 0.6 is 0 Å². The molecule has 0 radical (unpaired) electrons. The molecule has 1 amide bonds. The fourth-order valence-electron chi connectivity index (χ4n) is 2.40. The number of hydrogen-bond acceptors (Lipinski definition) is 5. The fourth-order valence-corrected chi connectivity index (χ4v) is 2.40. The first-order chi connectivity index (χ1) is 8.63. The zero-order valence-corrected chi connectivity index (χ0v) is 10.6. The predicted octanol–water partition coefficient (Wildman–Crippen LogP) is 0.674. The van der Waals surface area contributed by atoms with E-state index in [4.69, 9.17) is 4.74 Å². The lowest BCUT2D eigenvalue weighted by molar-refractivity contribution is -0.133. The Hall–Kier alpha value is -1.59. The lowest BCUT2D eigenvalue weighted by Crippen LogP contribution is -2.37. The maximum atomic E-state index is 11.4. The van der Waals surface area contributed by atoms with E-state index in [0.717, 1.165) is 25.7 Å². The lowest BCUT2D eigenvalue weighted by Gasteiger charge is -2.19. The Bertz CT molecular complexity index is 368. The van der Waals surface area contributed by atoms with Crippen LogP contribution in [0.2, 0.25) is 0 Å². The molecule has 0 aromatic carbocycles. The molecule has 1 saturated heterocycles. The SMILES string of the molecule is CC(=O)OC1=NNC(CC2CCCCC(=O)N2)C1. The summed E-state index contributed by atoms with van der Waals surface area (Å²) in [6.07, 6.45) is 5.10. The number of hydrogen-bond donors (Lipinski definition) is 2. The van der Waals surface area contributed by atoms with E-state index in [1.807, 2.05) is 0 Å². The highest BCUT2D eigenvalue weighted by molar-refractivity contribution is 5.88. The van der Waals surface area contributed by atoms with Crippen molar-refractivity contribution in [3.05, 3.63) is 0 Å². The van der Waals surface area contributed by atoms with Crippen molar-refractivity contribution in [2.24, 2.45) is 5.10 Å². The van der Waals surface area contributed by atoms with Gasteiger partial charge in [-0.25, -0.2) is 0 Å². The normalized spacial score (nSPS) is 27.8. The number of carbonyl (C=O) groups excluding carboxylic acids is 2. The van der Waals surface area contributed by atoms with Gasteiger partial charge in [0.25, 0.3) is 0 Å². The molecule has 0 aromatic heterocycles. The first kappa shape index (κ1) is 12.9. The Morgan fingerprint density at radius 3 is 3.06 bits per heavy atom. The quantitative estimate of drug-likeness (QED) is 0.709. The minimum Gasteiger partial charge on any atom is -0.410 e. The summed E-state index contributed by atoms with van der Waals surface area (Å²) >= 11 is 0. The van der Waals surface area contributed by atoms with E-state index in [1.165, 1.54) is 6.92 Å². The number of rotatable bonds is 2. The largest absolute Gasteiger partial charge is 0.410 e. The van der Waals surface area contributed by atoms with E-state index in [-0.39, 0.29) is 24.0 Å². The molecule has 18 heavy (non-hydrogen) atoms. The monoisotopic (exact) mass is 253 g/mol. The Labute approximate surface area is 106 Å². The fraction of sp³-hybridized carbons (Fsp3) is 0.750. The van der Waals surface area contributed by atoms with Crippen molar-refractivity contribution in [1.29, 1.82) is 0 Å². The molecular weight excluding hydrogens is 234 g/mol. The van der Waals surface area contributed by atoms with Crippen LogP contribution in [0.4, 0.5) is 0 Å². The highest BCUT2D eigenvalue weighted by Crippen LogP contribution is 2.17. The van der Waals surface area contributed by atoms with Crippen LogP contribution in [0.15, 0.2) is 5.10 Å². The zero-order valence-electron chi connectivity index (χ0n) is 10.6. The summed E-state index contributed by atoms with van der Waals surface area (Å²) in [5.41, 5.74) is 2.95. The Balaban J connectivity index is 1.77. The molecule has 2 atom stereocenters. The van der Waals surface area contributed by atoms with Gasteiger partial charge in [0.05, 0.1) is 6.04 Å². The van der Waals surface area contributed by atoms with E-state index in [2.05, 4.69) is 15.8 Å². The minimum atomic E-state index is -0.348. The van der Waals surface area contributed by atoms with Gasteiger partial charge in [-0.05, 0) is 19.3 Å². The summed E-state index contributed by atoms with van der Waals surface area (Å²) in [6.45, 7) is 1.36. The molecule has 0 aliphatic carbocycles. The standard InChI is InChI=1S/C12H19N3O3/c1-8(16)18-12-7-10(14-15-12)6-9-4-2-3-5-11(17)13-9/h9-10,14H,2-7H2,1H3,(H,13,17). The van der Waals surface area contributed by atoms with Gasteiger partial charge in [0.1, 0.15) is 0 Å². The molecular formula is C12H19N3O3. The number of hydrazone groups is 1. The molecule has 2 N–H and O–H groups in total. The van der Waals surface area contributed by atoms with Crippen LogP contribution in [0.1, 0.15) is 45.4 Å². The second-order valence-corrected chi connectivity index (χ2v) is 4.88. The molecule has 100 valence electrons. The van der Waals surface area contributed by atoms with Gasteiger partial charge in [0, 0.05) is 25.8 Å². The average molecular weight is 253 g/mol. The summed E-state index contributed by atoms with van der Waals surface area (Å²) in [7, 11) is 0. The third-order valence-electron chi connectivity index (χ3n) is 3.19. The Morgan fingerprint density at radius 1 is 1.44 bits per heavy atom. The van der Waals surface area contributed by atoms with Gasteiger partial charge in [0.2, 0.25) is 11.8 Å². The molecule has 0 bridgehead atoms. The van der Waals surface area contributed by atoms with Crippen LogP contribution < -0.4 is 10.7 Å². The van der Waals surface area contributed by atoms with Crippen LogP contribution in [0.3, 0.4) is 0 Å². The number of carbonyl (C=O) groups is 2. The van der Waals surface area contributed by atoms with E-state index in [1.54, 1.807) is 0 Å². The molecule has 0 saturated carbocycles. The highest BCUT2D eigenvalue weighted by Gasteiger charge is 2.25.